The number of rotatable bonds is 11. The van der Waals surface area contributed by atoms with Crippen molar-refractivity contribution in [1.29, 1.82) is 0 Å². The van der Waals surface area contributed by atoms with Crippen molar-refractivity contribution in [3.05, 3.63) is 65.2 Å². The van der Waals surface area contributed by atoms with E-state index in [9.17, 15) is 19.5 Å². The summed E-state index contributed by atoms with van der Waals surface area (Å²) in [6, 6.07) is 12.6. The van der Waals surface area contributed by atoms with Crippen molar-refractivity contribution in [3.8, 4) is 11.8 Å². The molecule has 0 spiro atoms. The van der Waals surface area contributed by atoms with E-state index < -0.39 is 30.4 Å². The van der Waals surface area contributed by atoms with Gasteiger partial charge in [-0.05, 0) is 61.9 Å². The van der Waals surface area contributed by atoms with Crippen LogP contribution in [0.25, 0.3) is 0 Å². The van der Waals surface area contributed by atoms with Gasteiger partial charge in [0.1, 0.15) is 12.6 Å². The molecule has 0 aliphatic rings. The van der Waals surface area contributed by atoms with Gasteiger partial charge in [-0.1, -0.05) is 38.0 Å². The smallest absolute Gasteiger partial charge is 0.251 e. The zero-order valence-corrected chi connectivity index (χ0v) is 19.6. The average Bonchev–Trinajstić information content (AvgIpc) is 2.84. The second-order valence-electron chi connectivity index (χ2n) is 8.08. The average molecular weight is 465 g/mol. The van der Waals surface area contributed by atoms with Gasteiger partial charge in [0, 0.05) is 28.8 Å². The SMILES string of the molecule is CCCCCCC(=O)Nc1ccc(C#Cc2ccc(C(=O)N[C@H](C(=O)CO)[C@@H](C)O)cc2)cc1. The van der Waals surface area contributed by atoms with Crippen LogP contribution in [0.15, 0.2) is 48.5 Å². The number of nitrogens with one attached hydrogen (secondary N) is 2. The van der Waals surface area contributed by atoms with Crippen molar-refractivity contribution < 1.29 is 24.6 Å². The molecular weight excluding hydrogens is 432 g/mol. The number of hydrogen-bond donors (Lipinski definition) is 4. The molecular formula is C27H32N2O5. The van der Waals surface area contributed by atoms with Gasteiger partial charge in [0.2, 0.25) is 5.91 Å². The van der Waals surface area contributed by atoms with Crippen molar-refractivity contribution in [3.63, 3.8) is 0 Å². The van der Waals surface area contributed by atoms with Crippen LogP contribution in [0.1, 0.15) is 67.4 Å². The number of ketones is 1. The van der Waals surface area contributed by atoms with Crippen LogP contribution in [-0.2, 0) is 9.59 Å². The normalized spacial score (nSPS) is 12.1. The second kappa shape index (κ2) is 13.9. The van der Waals surface area contributed by atoms with Gasteiger partial charge >= 0.3 is 0 Å². The molecule has 2 rings (SSSR count). The number of benzene rings is 2. The van der Waals surface area contributed by atoms with Crippen LogP contribution in [0.3, 0.4) is 0 Å². The number of aliphatic hydroxyl groups excluding tert-OH is 2. The monoisotopic (exact) mass is 464 g/mol. The summed E-state index contributed by atoms with van der Waals surface area (Å²) in [5.41, 5.74) is 2.51. The third kappa shape index (κ3) is 8.81. The minimum atomic E-state index is -1.18. The zero-order chi connectivity index (χ0) is 24.9. The molecule has 0 saturated heterocycles. The van der Waals surface area contributed by atoms with Crippen LogP contribution in [0, 0.1) is 11.8 Å². The van der Waals surface area contributed by atoms with Gasteiger partial charge in [0.05, 0.1) is 6.10 Å². The number of carbonyl (C=O) groups is 3. The van der Waals surface area contributed by atoms with E-state index in [0.717, 1.165) is 36.9 Å². The molecule has 0 aliphatic heterocycles. The Hall–Kier alpha value is -3.47. The molecule has 34 heavy (non-hydrogen) atoms. The van der Waals surface area contributed by atoms with Crippen molar-refractivity contribution >= 4 is 23.3 Å². The first kappa shape index (κ1) is 26.8. The zero-order valence-electron chi connectivity index (χ0n) is 19.6. The molecule has 2 aromatic rings. The number of carbonyl (C=O) groups excluding carboxylic acids is 3. The lowest BCUT2D eigenvalue weighted by Gasteiger charge is -2.19. The summed E-state index contributed by atoms with van der Waals surface area (Å²) in [5, 5.41) is 24.0. The highest BCUT2D eigenvalue weighted by Gasteiger charge is 2.25. The molecule has 0 bridgehead atoms. The molecule has 2 aromatic carbocycles. The van der Waals surface area contributed by atoms with E-state index in [2.05, 4.69) is 29.4 Å². The molecule has 0 aromatic heterocycles. The Bertz CT molecular complexity index is 1020. The van der Waals surface area contributed by atoms with Crippen molar-refractivity contribution in [2.45, 2.75) is 58.1 Å². The topological polar surface area (TPSA) is 116 Å². The number of Topliss-reactive ketones (excluding diaryl/α,β-unsaturated/α-hetero) is 1. The second-order valence-corrected chi connectivity index (χ2v) is 8.08. The molecule has 0 fully saturated rings. The standard InChI is InChI=1S/C27H32N2O5/c1-3-4-5-6-7-25(33)28-23-16-12-21(13-17-23)9-8-20-10-14-22(15-11-20)27(34)29-26(19(2)31)24(32)18-30/h10-17,19,26,30-31H,3-7,18H2,1-2H3,(H,28,33)(H,29,34)/t19-,26+/m1/s1. The highest BCUT2D eigenvalue weighted by atomic mass is 16.3. The van der Waals surface area contributed by atoms with Gasteiger partial charge < -0.3 is 20.8 Å². The molecule has 0 saturated carbocycles. The molecule has 0 heterocycles. The quantitative estimate of drug-likeness (QED) is 0.301. The van der Waals surface area contributed by atoms with Crippen molar-refractivity contribution in [2.75, 3.05) is 11.9 Å². The lowest BCUT2D eigenvalue weighted by Crippen LogP contribution is -2.48. The van der Waals surface area contributed by atoms with Gasteiger partial charge in [0.25, 0.3) is 5.91 Å². The Balaban J connectivity index is 1.93. The number of amides is 2. The molecule has 7 heteroatoms. The Morgan fingerprint density at radius 1 is 0.912 bits per heavy atom. The molecule has 0 unspecified atom stereocenters. The fourth-order valence-electron chi connectivity index (χ4n) is 3.22. The molecule has 0 aliphatic carbocycles. The van der Waals surface area contributed by atoms with Gasteiger partial charge in [-0.3, -0.25) is 14.4 Å². The van der Waals surface area contributed by atoms with Gasteiger partial charge in [0.15, 0.2) is 5.78 Å². The fraction of sp³-hybridized carbons (Fsp3) is 0.370. The maximum atomic E-state index is 12.3. The summed E-state index contributed by atoms with van der Waals surface area (Å²) < 4.78 is 0. The van der Waals surface area contributed by atoms with Crippen LogP contribution in [-0.4, -0.2) is 46.6 Å². The number of anilines is 1. The van der Waals surface area contributed by atoms with Gasteiger partial charge in [-0.25, -0.2) is 0 Å². The van der Waals surface area contributed by atoms with E-state index in [4.69, 9.17) is 5.11 Å². The summed E-state index contributed by atoms with van der Waals surface area (Å²) in [6.45, 7) is 2.74. The maximum absolute atomic E-state index is 12.3. The first-order chi connectivity index (χ1) is 16.3. The van der Waals surface area contributed by atoms with Gasteiger partial charge in [-0.15, -0.1) is 0 Å². The third-order valence-electron chi connectivity index (χ3n) is 5.20. The summed E-state index contributed by atoms with van der Waals surface area (Å²) in [7, 11) is 0. The van der Waals surface area contributed by atoms with Crippen molar-refractivity contribution in [2.24, 2.45) is 0 Å². The minimum absolute atomic E-state index is 0.0135. The Morgan fingerprint density at radius 2 is 1.50 bits per heavy atom. The summed E-state index contributed by atoms with van der Waals surface area (Å²) >= 11 is 0. The molecule has 0 radical (unpaired) electrons. The lowest BCUT2D eigenvalue weighted by molar-refractivity contribution is -0.126. The van der Waals surface area contributed by atoms with E-state index >= 15 is 0 Å². The van der Waals surface area contributed by atoms with Crippen molar-refractivity contribution in [1.82, 2.24) is 5.32 Å². The summed E-state index contributed by atoms with van der Waals surface area (Å²) in [4.78, 5) is 36.0. The first-order valence-corrected chi connectivity index (χ1v) is 11.5. The Morgan fingerprint density at radius 3 is 2.03 bits per heavy atom. The van der Waals surface area contributed by atoms with E-state index in [0.29, 0.717) is 17.5 Å². The molecule has 4 N–H and O–H groups in total. The molecule has 7 nitrogen and oxygen atoms in total. The number of aliphatic hydroxyl groups is 2. The van der Waals surface area contributed by atoms with Crippen LogP contribution >= 0.6 is 0 Å². The molecule has 180 valence electrons. The Kier molecular flexibility index (Phi) is 11.0. The van der Waals surface area contributed by atoms with E-state index in [-0.39, 0.29) is 5.91 Å². The largest absolute Gasteiger partial charge is 0.391 e. The van der Waals surface area contributed by atoms with Crippen LogP contribution in [0.5, 0.6) is 0 Å². The van der Waals surface area contributed by atoms with Crippen LogP contribution < -0.4 is 10.6 Å². The Labute approximate surface area is 200 Å². The maximum Gasteiger partial charge on any atom is 0.251 e. The first-order valence-electron chi connectivity index (χ1n) is 11.5. The minimum Gasteiger partial charge on any atom is -0.391 e. The summed E-state index contributed by atoms with van der Waals surface area (Å²) in [5.74, 6) is 4.87. The predicted octanol–water partition coefficient (Wildman–Crippen LogP) is 3.04. The fourth-order valence-corrected chi connectivity index (χ4v) is 3.22. The van der Waals surface area contributed by atoms with E-state index in [1.165, 1.54) is 6.92 Å². The van der Waals surface area contributed by atoms with E-state index in [1.54, 1.807) is 24.3 Å². The predicted molar refractivity (Wildman–Crippen MR) is 131 cm³/mol. The van der Waals surface area contributed by atoms with Crippen LogP contribution in [0.4, 0.5) is 5.69 Å². The highest BCUT2D eigenvalue weighted by Crippen LogP contribution is 2.11. The molecule has 2 atom stereocenters. The number of hydrogen-bond acceptors (Lipinski definition) is 5. The van der Waals surface area contributed by atoms with Crippen LogP contribution in [0.2, 0.25) is 0 Å². The third-order valence-corrected chi connectivity index (χ3v) is 5.20. The lowest BCUT2D eigenvalue weighted by atomic mass is 10.1. The highest BCUT2D eigenvalue weighted by molar-refractivity contribution is 5.98. The van der Waals surface area contributed by atoms with Gasteiger partial charge in [-0.2, -0.15) is 0 Å². The summed E-state index contributed by atoms with van der Waals surface area (Å²) in [6.07, 6.45) is 3.64. The van der Waals surface area contributed by atoms with E-state index in [1.807, 2.05) is 24.3 Å². The number of unbranched alkanes of at least 4 members (excludes halogenated alkanes) is 3. The molecule has 2 amide bonds.